The first-order valence-electron chi connectivity index (χ1n) is 8.80. The Bertz CT molecular complexity index is 1090. The average Bonchev–Trinajstić information content (AvgIpc) is 3.21. The van der Waals surface area contributed by atoms with E-state index in [0.717, 1.165) is 51.0 Å². The first kappa shape index (κ1) is 16.5. The number of nitrogens with one attached hydrogen (secondary N) is 1. The van der Waals surface area contributed by atoms with Gasteiger partial charge in [-0.15, -0.1) is 0 Å². The quantitative estimate of drug-likeness (QED) is 0.464. The van der Waals surface area contributed by atoms with E-state index in [1.165, 1.54) is 0 Å². The van der Waals surface area contributed by atoms with Crippen LogP contribution in [0.25, 0.3) is 33.3 Å². The Morgan fingerprint density at radius 1 is 0.923 bits per heavy atom. The number of aryl methyl sites for hydroxylation is 1. The highest BCUT2D eigenvalue weighted by Crippen LogP contribution is 2.34. The predicted molar refractivity (Wildman–Crippen MR) is 104 cm³/mol. The van der Waals surface area contributed by atoms with Crippen LogP contribution in [0.2, 0.25) is 0 Å². The molecule has 0 saturated heterocycles. The van der Waals surface area contributed by atoms with Gasteiger partial charge in [0, 0.05) is 28.1 Å². The highest BCUT2D eigenvalue weighted by Gasteiger charge is 2.14. The van der Waals surface area contributed by atoms with Crippen molar-refractivity contribution < 1.29 is 13.6 Å². The molecule has 1 N–H and O–H groups in total. The molecule has 0 saturated carbocycles. The molecule has 4 rings (SSSR count). The number of hydrogen-bond donors (Lipinski definition) is 1. The van der Waals surface area contributed by atoms with E-state index in [1.807, 2.05) is 63.2 Å². The standard InChI is InChI=1S/C22H21NO3/c1-13(2)19(12-24)23-16-6-8-18-17-7-5-15(20-9-4-14(3)25-20)10-21(17)26-22(18)11-16/h4-13,19,23H,1-3H3. The van der Waals surface area contributed by atoms with E-state index in [-0.39, 0.29) is 12.0 Å². The van der Waals surface area contributed by atoms with Crippen LogP contribution in [0.15, 0.2) is 57.4 Å². The van der Waals surface area contributed by atoms with E-state index in [1.54, 1.807) is 0 Å². The maximum atomic E-state index is 11.2. The summed E-state index contributed by atoms with van der Waals surface area (Å²) < 4.78 is 11.8. The second-order valence-electron chi connectivity index (χ2n) is 6.98. The lowest BCUT2D eigenvalue weighted by molar-refractivity contribution is -0.109. The third-order valence-electron chi connectivity index (χ3n) is 4.70. The molecule has 0 spiro atoms. The van der Waals surface area contributed by atoms with Gasteiger partial charge in [-0.1, -0.05) is 19.9 Å². The topological polar surface area (TPSA) is 55.4 Å². The molecule has 2 aromatic heterocycles. The van der Waals surface area contributed by atoms with Crippen LogP contribution in [0.4, 0.5) is 5.69 Å². The van der Waals surface area contributed by atoms with Gasteiger partial charge in [0.05, 0.1) is 6.04 Å². The van der Waals surface area contributed by atoms with Crippen molar-refractivity contribution in [3.63, 3.8) is 0 Å². The molecule has 0 bridgehead atoms. The number of fused-ring (bicyclic) bond motifs is 3. The van der Waals surface area contributed by atoms with Crippen molar-refractivity contribution in [1.82, 2.24) is 0 Å². The molecule has 4 aromatic rings. The first-order chi connectivity index (χ1) is 12.5. The van der Waals surface area contributed by atoms with Crippen molar-refractivity contribution in [2.45, 2.75) is 26.8 Å². The molecular formula is C22H21NO3. The number of aldehydes is 1. The number of anilines is 1. The summed E-state index contributed by atoms with van der Waals surface area (Å²) in [6, 6.07) is 15.8. The normalized spacial score (nSPS) is 12.8. The molecule has 1 unspecified atom stereocenters. The van der Waals surface area contributed by atoms with E-state index < -0.39 is 0 Å². The highest BCUT2D eigenvalue weighted by molar-refractivity contribution is 6.06. The fraction of sp³-hybridized carbons (Fsp3) is 0.227. The molecule has 2 heterocycles. The monoisotopic (exact) mass is 347 g/mol. The Labute approximate surface area is 151 Å². The van der Waals surface area contributed by atoms with Crippen LogP contribution < -0.4 is 5.32 Å². The number of rotatable bonds is 5. The minimum Gasteiger partial charge on any atom is -0.461 e. The predicted octanol–water partition coefficient (Wildman–Crippen LogP) is 5.79. The summed E-state index contributed by atoms with van der Waals surface area (Å²) >= 11 is 0. The van der Waals surface area contributed by atoms with Crippen molar-refractivity contribution in [2.75, 3.05) is 5.32 Å². The fourth-order valence-electron chi connectivity index (χ4n) is 3.16. The van der Waals surface area contributed by atoms with Crippen LogP contribution in [0.5, 0.6) is 0 Å². The maximum Gasteiger partial charge on any atom is 0.142 e. The average molecular weight is 347 g/mol. The second-order valence-corrected chi connectivity index (χ2v) is 6.98. The van der Waals surface area contributed by atoms with Gasteiger partial charge in [0.25, 0.3) is 0 Å². The van der Waals surface area contributed by atoms with Crippen LogP contribution in [-0.4, -0.2) is 12.3 Å². The van der Waals surface area contributed by atoms with Gasteiger partial charge in [0.15, 0.2) is 0 Å². The molecule has 0 amide bonds. The summed E-state index contributed by atoms with van der Waals surface area (Å²) in [5.41, 5.74) is 3.48. The van der Waals surface area contributed by atoms with Crippen molar-refractivity contribution in [3.05, 3.63) is 54.3 Å². The number of hydrogen-bond acceptors (Lipinski definition) is 4. The summed E-state index contributed by atoms with van der Waals surface area (Å²) in [7, 11) is 0. The van der Waals surface area contributed by atoms with Crippen LogP contribution in [0, 0.1) is 12.8 Å². The van der Waals surface area contributed by atoms with E-state index in [2.05, 4.69) is 11.4 Å². The van der Waals surface area contributed by atoms with Gasteiger partial charge in [-0.3, -0.25) is 0 Å². The minimum absolute atomic E-state index is 0.217. The summed E-state index contributed by atoms with van der Waals surface area (Å²) in [5, 5.41) is 5.38. The zero-order valence-electron chi connectivity index (χ0n) is 15.1. The molecule has 4 heteroatoms. The molecule has 132 valence electrons. The Kier molecular flexibility index (Phi) is 4.03. The van der Waals surface area contributed by atoms with Gasteiger partial charge in [-0.2, -0.15) is 0 Å². The van der Waals surface area contributed by atoms with Crippen molar-refractivity contribution in [1.29, 1.82) is 0 Å². The van der Waals surface area contributed by atoms with Crippen LogP contribution in [0.1, 0.15) is 19.6 Å². The summed E-state index contributed by atoms with van der Waals surface area (Å²) in [4.78, 5) is 11.2. The molecule has 0 aliphatic rings. The zero-order chi connectivity index (χ0) is 18.3. The Morgan fingerprint density at radius 3 is 2.31 bits per heavy atom. The lowest BCUT2D eigenvalue weighted by Gasteiger charge is -2.17. The van der Waals surface area contributed by atoms with E-state index in [9.17, 15) is 4.79 Å². The number of furan rings is 2. The highest BCUT2D eigenvalue weighted by atomic mass is 16.3. The van der Waals surface area contributed by atoms with Crippen molar-refractivity contribution >= 4 is 33.9 Å². The van der Waals surface area contributed by atoms with Crippen molar-refractivity contribution in [2.24, 2.45) is 5.92 Å². The Morgan fingerprint density at radius 2 is 1.65 bits per heavy atom. The third-order valence-corrected chi connectivity index (χ3v) is 4.70. The molecule has 2 aromatic carbocycles. The van der Waals surface area contributed by atoms with Gasteiger partial charge in [-0.25, -0.2) is 0 Å². The second kappa shape index (κ2) is 6.37. The molecular weight excluding hydrogens is 326 g/mol. The minimum atomic E-state index is -0.217. The molecule has 0 aliphatic heterocycles. The van der Waals surface area contributed by atoms with Crippen LogP contribution in [-0.2, 0) is 4.79 Å². The molecule has 1 atom stereocenters. The SMILES string of the molecule is Cc1ccc(-c2ccc3c(c2)oc2cc(NC(C=O)C(C)C)ccc23)o1. The Hall–Kier alpha value is -3.01. The van der Waals surface area contributed by atoms with E-state index in [0.29, 0.717) is 0 Å². The number of carbonyl (C=O) groups is 1. The molecule has 0 radical (unpaired) electrons. The van der Waals surface area contributed by atoms with Gasteiger partial charge in [-0.05, 0) is 49.2 Å². The zero-order valence-corrected chi connectivity index (χ0v) is 15.1. The number of benzene rings is 2. The van der Waals surface area contributed by atoms with Gasteiger partial charge >= 0.3 is 0 Å². The van der Waals surface area contributed by atoms with E-state index >= 15 is 0 Å². The molecule has 4 nitrogen and oxygen atoms in total. The third kappa shape index (κ3) is 2.88. The van der Waals surface area contributed by atoms with Gasteiger partial charge < -0.3 is 18.9 Å². The van der Waals surface area contributed by atoms with Crippen molar-refractivity contribution in [3.8, 4) is 11.3 Å². The number of carbonyl (C=O) groups excluding carboxylic acids is 1. The van der Waals surface area contributed by atoms with Crippen LogP contribution in [0.3, 0.4) is 0 Å². The van der Waals surface area contributed by atoms with Gasteiger partial charge in [0.2, 0.25) is 0 Å². The molecule has 0 aliphatic carbocycles. The smallest absolute Gasteiger partial charge is 0.142 e. The maximum absolute atomic E-state index is 11.2. The lowest BCUT2D eigenvalue weighted by atomic mass is 10.1. The molecule has 26 heavy (non-hydrogen) atoms. The molecule has 0 fully saturated rings. The lowest BCUT2D eigenvalue weighted by Crippen LogP contribution is -2.26. The Balaban J connectivity index is 1.74. The van der Waals surface area contributed by atoms with Gasteiger partial charge in [0.1, 0.15) is 29.0 Å². The summed E-state index contributed by atoms with van der Waals surface area (Å²) in [5.74, 6) is 1.94. The fourth-order valence-corrected chi connectivity index (χ4v) is 3.16. The largest absolute Gasteiger partial charge is 0.461 e. The summed E-state index contributed by atoms with van der Waals surface area (Å²) in [6.45, 7) is 5.97. The van der Waals surface area contributed by atoms with Crippen LogP contribution >= 0.6 is 0 Å². The van der Waals surface area contributed by atoms with E-state index in [4.69, 9.17) is 8.83 Å². The first-order valence-corrected chi connectivity index (χ1v) is 8.80. The summed E-state index contributed by atoms with van der Waals surface area (Å²) in [6.07, 6.45) is 0.950.